The van der Waals surface area contributed by atoms with Gasteiger partial charge in [0.05, 0.1) is 12.8 Å². The molecule has 31 heavy (non-hydrogen) atoms. The third-order valence-electron chi connectivity index (χ3n) is 5.29. The van der Waals surface area contributed by atoms with Crippen LogP contribution in [-0.4, -0.2) is 25.5 Å². The fraction of sp³-hybridized carbons (Fsp3) is 0.200. The summed E-state index contributed by atoms with van der Waals surface area (Å²) in [6, 6.07) is 23.2. The maximum absolute atomic E-state index is 13.2. The molecule has 1 atom stereocenters. The van der Waals surface area contributed by atoms with Crippen LogP contribution in [0.25, 0.3) is 0 Å². The van der Waals surface area contributed by atoms with E-state index in [1.807, 2.05) is 79.7 Å². The lowest BCUT2D eigenvalue weighted by molar-refractivity contribution is -0.121. The maximum atomic E-state index is 13.2. The summed E-state index contributed by atoms with van der Waals surface area (Å²) in [7, 11) is 1.63. The molecule has 0 spiro atoms. The third kappa shape index (κ3) is 4.75. The van der Waals surface area contributed by atoms with Crippen molar-refractivity contribution in [2.75, 3.05) is 23.9 Å². The van der Waals surface area contributed by atoms with Crippen LogP contribution in [0.1, 0.15) is 22.8 Å². The van der Waals surface area contributed by atoms with Gasteiger partial charge < -0.3 is 15.0 Å². The van der Waals surface area contributed by atoms with Crippen molar-refractivity contribution in [3.8, 4) is 5.75 Å². The number of benzene rings is 3. The van der Waals surface area contributed by atoms with Gasteiger partial charge in [0.25, 0.3) is 0 Å². The number of nitrogens with zero attached hydrogens (tertiary/aromatic N) is 1. The van der Waals surface area contributed by atoms with E-state index in [1.54, 1.807) is 23.8 Å². The highest BCUT2D eigenvalue weighted by Crippen LogP contribution is 2.45. The van der Waals surface area contributed by atoms with Crippen molar-refractivity contribution in [2.45, 2.75) is 23.5 Å². The Bertz CT molecular complexity index is 1100. The van der Waals surface area contributed by atoms with E-state index in [-0.39, 0.29) is 23.6 Å². The van der Waals surface area contributed by atoms with Crippen molar-refractivity contribution >= 4 is 35.0 Å². The van der Waals surface area contributed by atoms with Crippen LogP contribution in [0, 0.1) is 6.92 Å². The van der Waals surface area contributed by atoms with Crippen LogP contribution in [0.5, 0.6) is 5.75 Å². The zero-order valence-corrected chi connectivity index (χ0v) is 18.3. The molecule has 0 fully saturated rings. The molecule has 5 nitrogen and oxygen atoms in total. The van der Waals surface area contributed by atoms with E-state index in [1.165, 1.54) is 0 Å². The summed E-state index contributed by atoms with van der Waals surface area (Å²) in [6.07, 6.45) is 0.309. The number of ether oxygens (including phenoxy) is 1. The molecule has 0 saturated carbocycles. The van der Waals surface area contributed by atoms with Gasteiger partial charge in [-0.2, -0.15) is 0 Å². The second kappa shape index (κ2) is 9.27. The van der Waals surface area contributed by atoms with Crippen LogP contribution in [0.15, 0.2) is 77.7 Å². The van der Waals surface area contributed by atoms with Crippen LogP contribution < -0.4 is 15.0 Å². The molecule has 0 unspecified atom stereocenters. The molecule has 1 aliphatic rings. The number of aryl methyl sites for hydroxylation is 1. The number of rotatable bonds is 5. The van der Waals surface area contributed by atoms with E-state index in [9.17, 15) is 9.59 Å². The first kappa shape index (κ1) is 21.0. The normalized spacial score (nSPS) is 15.7. The molecule has 0 aromatic heterocycles. The molecule has 6 heteroatoms. The topological polar surface area (TPSA) is 58.6 Å². The summed E-state index contributed by atoms with van der Waals surface area (Å²) < 4.78 is 5.25. The molecule has 0 saturated heterocycles. The van der Waals surface area contributed by atoms with Gasteiger partial charge in [-0.15, -0.1) is 11.8 Å². The lowest BCUT2D eigenvalue weighted by Gasteiger charge is -2.22. The monoisotopic (exact) mass is 432 g/mol. The second-order valence-corrected chi connectivity index (χ2v) is 8.64. The number of carbonyl (C=O) groups is 2. The largest absolute Gasteiger partial charge is 0.497 e. The van der Waals surface area contributed by atoms with E-state index in [4.69, 9.17) is 4.74 Å². The van der Waals surface area contributed by atoms with Crippen molar-refractivity contribution in [1.82, 2.24) is 0 Å². The fourth-order valence-corrected chi connectivity index (χ4v) is 4.88. The Balaban J connectivity index is 1.58. The Labute approximate surface area is 186 Å². The first-order valence-corrected chi connectivity index (χ1v) is 11.0. The smallest absolute Gasteiger partial charge is 0.244 e. The van der Waals surface area contributed by atoms with E-state index in [0.717, 1.165) is 33.1 Å². The molecule has 2 amide bonds. The molecular formula is C25H24N2O3S. The van der Waals surface area contributed by atoms with Crippen molar-refractivity contribution in [2.24, 2.45) is 0 Å². The highest BCUT2D eigenvalue weighted by atomic mass is 32.2. The summed E-state index contributed by atoms with van der Waals surface area (Å²) >= 11 is 1.65. The van der Waals surface area contributed by atoms with Gasteiger partial charge in [-0.1, -0.05) is 42.5 Å². The Kier molecular flexibility index (Phi) is 6.28. The summed E-state index contributed by atoms with van der Waals surface area (Å²) in [4.78, 5) is 28.6. The molecule has 4 rings (SSSR count). The highest BCUT2D eigenvalue weighted by molar-refractivity contribution is 7.99. The molecule has 0 aliphatic carbocycles. The summed E-state index contributed by atoms with van der Waals surface area (Å²) in [5.74, 6) is 0.493. The van der Waals surface area contributed by atoms with Crippen molar-refractivity contribution in [3.63, 3.8) is 0 Å². The van der Waals surface area contributed by atoms with Gasteiger partial charge >= 0.3 is 0 Å². The van der Waals surface area contributed by atoms with Crippen molar-refractivity contribution in [1.29, 1.82) is 0 Å². The van der Waals surface area contributed by atoms with Crippen molar-refractivity contribution < 1.29 is 14.3 Å². The number of carbonyl (C=O) groups excluding carboxylic acids is 2. The Morgan fingerprint density at radius 2 is 1.77 bits per heavy atom. The molecule has 1 heterocycles. The first-order chi connectivity index (χ1) is 15.0. The fourth-order valence-electron chi connectivity index (χ4n) is 3.60. The number of para-hydroxylation sites is 2. The number of fused-ring (bicyclic) bond motifs is 1. The van der Waals surface area contributed by atoms with Crippen molar-refractivity contribution in [3.05, 3.63) is 83.9 Å². The number of hydrogen-bond acceptors (Lipinski definition) is 4. The van der Waals surface area contributed by atoms with Crippen LogP contribution in [0.3, 0.4) is 0 Å². The predicted molar refractivity (Wildman–Crippen MR) is 125 cm³/mol. The minimum atomic E-state index is -0.217. The lowest BCUT2D eigenvalue weighted by Crippen LogP contribution is -2.38. The van der Waals surface area contributed by atoms with E-state index in [2.05, 4.69) is 5.32 Å². The summed E-state index contributed by atoms with van der Waals surface area (Å²) in [6.45, 7) is 1.91. The molecule has 1 N–H and O–H groups in total. The average Bonchev–Trinajstić information content (AvgIpc) is 2.92. The number of thioether (sulfide) groups is 1. The van der Waals surface area contributed by atoms with Gasteiger partial charge in [0.1, 0.15) is 12.3 Å². The Hall–Kier alpha value is -3.25. The predicted octanol–water partition coefficient (Wildman–Crippen LogP) is 5.21. The number of hydrogen-bond donors (Lipinski definition) is 1. The molecule has 0 bridgehead atoms. The Morgan fingerprint density at radius 3 is 2.52 bits per heavy atom. The van der Waals surface area contributed by atoms with Crippen LogP contribution in [0.4, 0.5) is 11.4 Å². The quantitative estimate of drug-likeness (QED) is 0.601. The minimum Gasteiger partial charge on any atom is -0.497 e. The van der Waals surface area contributed by atoms with Gasteiger partial charge in [0.2, 0.25) is 11.8 Å². The van der Waals surface area contributed by atoms with Gasteiger partial charge in [-0.25, -0.2) is 0 Å². The zero-order chi connectivity index (χ0) is 21.8. The van der Waals surface area contributed by atoms with E-state index >= 15 is 0 Å². The van der Waals surface area contributed by atoms with Gasteiger partial charge in [0.15, 0.2) is 0 Å². The first-order valence-electron chi connectivity index (χ1n) is 10.1. The number of nitrogens with one attached hydrogen (secondary N) is 1. The van der Waals surface area contributed by atoms with Crippen LogP contribution in [0.2, 0.25) is 0 Å². The summed E-state index contributed by atoms with van der Waals surface area (Å²) in [5, 5.41) is 2.89. The van der Waals surface area contributed by atoms with Crippen LogP contribution in [-0.2, 0) is 9.59 Å². The van der Waals surface area contributed by atoms with Gasteiger partial charge in [-0.05, 0) is 48.4 Å². The van der Waals surface area contributed by atoms with E-state index < -0.39 is 0 Å². The SMILES string of the molecule is COc1ccc([C@H]2CC(=O)N(CC(=O)Nc3ccccc3C)c3ccccc3S2)cc1. The number of amides is 2. The lowest BCUT2D eigenvalue weighted by atomic mass is 10.1. The van der Waals surface area contributed by atoms with Gasteiger partial charge in [0, 0.05) is 22.3 Å². The average molecular weight is 433 g/mol. The molecule has 3 aromatic carbocycles. The second-order valence-electron chi connectivity index (χ2n) is 7.39. The minimum absolute atomic E-state index is 0.0277. The van der Waals surface area contributed by atoms with E-state index in [0.29, 0.717) is 6.42 Å². The highest BCUT2D eigenvalue weighted by Gasteiger charge is 2.30. The van der Waals surface area contributed by atoms with Crippen LogP contribution >= 0.6 is 11.8 Å². The molecule has 3 aromatic rings. The number of methoxy groups -OCH3 is 1. The zero-order valence-electron chi connectivity index (χ0n) is 17.5. The maximum Gasteiger partial charge on any atom is 0.244 e. The molecule has 1 aliphatic heterocycles. The Morgan fingerprint density at radius 1 is 1.06 bits per heavy atom. The third-order valence-corrected chi connectivity index (χ3v) is 6.62. The molecular weight excluding hydrogens is 408 g/mol. The number of anilines is 2. The summed E-state index contributed by atoms with van der Waals surface area (Å²) in [5.41, 5.74) is 3.57. The molecule has 0 radical (unpaired) electrons. The standard InChI is InChI=1S/C25H24N2O3S/c1-17-7-3-4-8-20(17)26-24(28)16-27-21-9-5-6-10-22(21)31-23(15-25(27)29)18-11-13-19(30-2)14-12-18/h3-14,23H,15-16H2,1-2H3,(H,26,28)/t23-/m1/s1. The van der Waals surface area contributed by atoms with Gasteiger partial charge in [-0.3, -0.25) is 9.59 Å². The molecule has 158 valence electrons.